The molecular weight excluding hydrogens is 456 g/mol. The second-order valence-corrected chi connectivity index (χ2v) is 12.0. The molecule has 3 unspecified atom stereocenters. The van der Waals surface area contributed by atoms with Gasteiger partial charge in [-0.1, -0.05) is 52.0 Å². The molecule has 1 aromatic carbocycles. The van der Waals surface area contributed by atoms with Crippen molar-refractivity contribution in [3.63, 3.8) is 0 Å². The molecule has 150 valence electrons. The van der Waals surface area contributed by atoms with Crippen LogP contribution in [-0.4, -0.2) is 17.4 Å². The van der Waals surface area contributed by atoms with Crippen LogP contribution in [0.15, 0.2) is 17.1 Å². The van der Waals surface area contributed by atoms with Crippen molar-refractivity contribution in [1.29, 1.82) is 0 Å². The number of hydrogen-bond acceptors (Lipinski definition) is 2. The molecular formula is C22H33Cl2NOZr. The molecule has 0 heterocycles. The summed E-state index contributed by atoms with van der Waals surface area (Å²) in [7, 11) is 9.87. The Kier molecular flexibility index (Phi) is 10.4. The first-order valence-corrected chi connectivity index (χ1v) is 16.6. The van der Waals surface area contributed by atoms with Gasteiger partial charge in [-0.15, -0.1) is 0 Å². The molecule has 0 bridgehead atoms. The second-order valence-electron chi connectivity index (χ2n) is 8.31. The molecule has 5 heteroatoms. The number of rotatable bonds is 3. The van der Waals surface area contributed by atoms with Gasteiger partial charge in [0.25, 0.3) is 0 Å². The summed E-state index contributed by atoms with van der Waals surface area (Å²) in [4.78, 5) is 4.89. The van der Waals surface area contributed by atoms with E-state index in [1.165, 1.54) is 56.9 Å². The van der Waals surface area contributed by atoms with Gasteiger partial charge in [-0.2, -0.15) is 0 Å². The standard InChI is InChI=1S/C22H33NO.2ClH.Zr/c1-15-12-19(14-23-21-11-7-8-16(2)17(21)3)22(24)20(13-15)18-9-5-4-6-10-18;;;/h12-14,16-18,21,24H,4-11H2,1-3H3;2*1H;/q;;;+2/p-2. The average molecular weight is 490 g/mol. The topological polar surface area (TPSA) is 32.6 Å². The van der Waals surface area contributed by atoms with Crippen LogP contribution in [0.1, 0.15) is 87.8 Å². The summed E-state index contributed by atoms with van der Waals surface area (Å²) in [5.41, 5.74) is 3.31. The summed E-state index contributed by atoms with van der Waals surface area (Å²) in [5.74, 6) is 2.40. The van der Waals surface area contributed by atoms with Crippen LogP contribution in [0, 0.1) is 18.8 Å². The van der Waals surface area contributed by atoms with E-state index in [9.17, 15) is 5.11 Å². The normalized spacial score (nSPS) is 26.5. The minimum absolute atomic E-state index is 0.409. The van der Waals surface area contributed by atoms with Gasteiger partial charge in [0, 0.05) is 11.8 Å². The van der Waals surface area contributed by atoms with E-state index in [2.05, 4.69) is 32.9 Å². The maximum atomic E-state index is 10.8. The molecule has 2 saturated carbocycles. The van der Waals surface area contributed by atoms with Crippen LogP contribution in [-0.2, 0) is 20.8 Å². The molecule has 27 heavy (non-hydrogen) atoms. The average Bonchev–Trinajstić information content (AvgIpc) is 2.66. The van der Waals surface area contributed by atoms with Crippen molar-refractivity contribution >= 4 is 23.2 Å². The van der Waals surface area contributed by atoms with Crippen LogP contribution in [0.2, 0.25) is 0 Å². The number of phenolic OH excluding ortho intramolecular Hbond substituents is 1. The Balaban J connectivity index is 0.000000817. The monoisotopic (exact) mass is 487 g/mol. The molecule has 2 nitrogen and oxygen atoms in total. The third-order valence-electron chi connectivity index (χ3n) is 6.43. The molecule has 1 aromatic rings. The van der Waals surface area contributed by atoms with Crippen LogP contribution in [0.25, 0.3) is 0 Å². The molecule has 1 N–H and O–H groups in total. The number of aromatic hydroxyl groups is 1. The van der Waals surface area contributed by atoms with E-state index in [0.717, 1.165) is 17.0 Å². The Morgan fingerprint density at radius 2 is 1.70 bits per heavy atom. The molecule has 3 rings (SSSR count). The Labute approximate surface area is 183 Å². The number of aryl methyl sites for hydroxylation is 1. The first-order chi connectivity index (χ1) is 13.0. The van der Waals surface area contributed by atoms with Crippen molar-refractivity contribution in [2.45, 2.75) is 84.1 Å². The number of benzene rings is 1. The van der Waals surface area contributed by atoms with Crippen molar-refractivity contribution in [1.82, 2.24) is 0 Å². The fourth-order valence-electron chi connectivity index (χ4n) is 4.60. The van der Waals surface area contributed by atoms with Crippen LogP contribution < -0.4 is 0 Å². The Morgan fingerprint density at radius 3 is 2.37 bits per heavy atom. The van der Waals surface area contributed by atoms with E-state index in [0.29, 0.717) is 23.6 Å². The van der Waals surface area contributed by atoms with Crippen LogP contribution in [0.5, 0.6) is 5.75 Å². The molecule has 0 spiro atoms. The van der Waals surface area contributed by atoms with Crippen molar-refractivity contribution < 1.29 is 26.0 Å². The zero-order valence-corrected chi connectivity index (χ0v) is 20.8. The number of aliphatic imine (C=N–C) groups is 1. The molecule has 0 aromatic heterocycles. The SMILES string of the molecule is Cc1cc(C=NC2CCCC(C)C2C)c(O)c(C2CCCCC2)c1.[Cl][Zr][Cl]. The quantitative estimate of drug-likeness (QED) is 0.442. The van der Waals surface area contributed by atoms with Crippen LogP contribution in [0.4, 0.5) is 0 Å². The predicted molar refractivity (Wildman–Crippen MR) is 114 cm³/mol. The number of phenols is 1. The fraction of sp³-hybridized carbons (Fsp3) is 0.682. The molecule has 2 aliphatic carbocycles. The van der Waals surface area contributed by atoms with Crippen molar-refractivity contribution in [3.05, 3.63) is 28.8 Å². The maximum absolute atomic E-state index is 10.8. The molecule has 0 saturated heterocycles. The van der Waals surface area contributed by atoms with Gasteiger partial charge in [-0.05, 0) is 61.1 Å². The van der Waals surface area contributed by atoms with Gasteiger partial charge in [-0.3, -0.25) is 4.99 Å². The molecule has 0 aliphatic heterocycles. The number of halogens is 2. The summed E-state index contributed by atoms with van der Waals surface area (Å²) >= 11 is -0.826. The third-order valence-corrected chi connectivity index (χ3v) is 6.43. The summed E-state index contributed by atoms with van der Waals surface area (Å²) in [6, 6.07) is 4.68. The molecule has 0 amide bonds. The van der Waals surface area contributed by atoms with Gasteiger partial charge in [-0.25, -0.2) is 0 Å². The van der Waals surface area contributed by atoms with Gasteiger partial charge in [0.05, 0.1) is 6.04 Å². The van der Waals surface area contributed by atoms with Gasteiger partial charge in [0.1, 0.15) is 5.75 Å². The number of nitrogens with zero attached hydrogens (tertiary/aromatic N) is 1. The van der Waals surface area contributed by atoms with Gasteiger partial charge in [0.15, 0.2) is 0 Å². The molecule has 3 atom stereocenters. The van der Waals surface area contributed by atoms with E-state index in [1.807, 2.05) is 6.21 Å². The van der Waals surface area contributed by atoms with Crippen LogP contribution >= 0.6 is 17.0 Å². The summed E-state index contributed by atoms with van der Waals surface area (Å²) in [6.07, 6.45) is 12.1. The van der Waals surface area contributed by atoms with E-state index >= 15 is 0 Å². The summed E-state index contributed by atoms with van der Waals surface area (Å²) in [5, 5.41) is 10.8. The third kappa shape index (κ3) is 6.86. The van der Waals surface area contributed by atoms with E-state index in [-0.39, 0.29) is 0 Å². The van der Waals surface area contributed by atoms with Gasteiger partial charge < -0.3 is 5.11 Å². The molecule has 0 radical (unpaired) electrons. The zero-order valence-electron chi connectivity index (χ0n) is 16.8. The van der Waals surface area contributed by atoms with Gasteiger partial charge in [0.2, 0.25) is 0 Å². The fourth-order valence-corrected chi connectivity index (χ4v) is 4.60. The molecule has 2 fully saturated rings. The first kappa shape index (κ1) is 23.4. The Bertz CT molecular complexity index is 617. The Morgan fingerprint density at radius 1 is 1.04 bits per heavy atom. The van der Waals surface area contributed by atoms with E-state index in [4.69, 9.17) is 22.0 Å². The zero-order chi connectivity index (χ0) is 19.8. The van der Waals surface area contributed by atoms with Gasteiger partial charge >= 0.3 is 37.9 Å². The first-order valence-electron chi connectivity index (χ1n) is 10.3. The predicted octanol–water partition coefficient (Wildman–Crippen LogP) is 7.37. The summed E-state index contributed by atoms with van der Waals surface area (Å²) in [6.45, 7) is 6.81. The van der Waals surface area contributed by atoms with E-state index in [1.54, 1.807) is 0 Å². The van der Waals surface area contributed by atoms with E-state index < -0.39 is 20.8 Å². The van der Waals surface area contributed by atoms with Crippen LogP contribution in [0.3, 0.4) is 0 Å². The number of hydrogen-bond donors (Lipinski definition) is 1. The second kappa shape index (κ2) is 12.0. The van der Waals surface area contributed by atoms with Crippen molar-refractivity contribution in [3.8, 4) is 5.75 Å². The summed E-state index contributed by atoms with van der Waals surface area (Å²) < 4.78 is 0. The minimum atomic E-state index is -0.826. The Hall–Kier alpha value is 0.153. The van der Waals surface area contributed by atoms with Crippen molar-refractivity contribution in [2.75, 3.05) is 0 Å². The molecule has 2 aliphatic rings. The van der Waals surface area contributed by atoms with Crippen molar-refractivity contribution in [2.24, 2.45) is 16.8 Å².